The quantitative estimate of drug-likeness (QED) is 0.837. The van der Waals surface area contributed by atoms with Gasteiger partial charge in [-0.05, 0) is 13.0 Å². The van der Waals surface area contributed by atoms with Gasteiger partial charge in [0, 0.05) is 23.2 Å². The maximum atomic E-state index is 11.5. The van der Waals surface area contributed by atoms with Crippen LogP contribution in [0, 0.1) is 18.3 Å². The number of rotatable bonds is 4. The predicted molar refractivity (Wildman–Crippen MR) is 76.3 cm³/mol. The van der Waals surface area contributed by atoms with Gasteiger partial charge in [0.2, 0.25) is 0 Å². The summed E-state index contributed by atoms with van der Waals surface area (Å²) in [6.07, 6.45) is 1.75. The Morgan fingerprint density at radius 3 is 3.16 bits per heavy atom. The molecule has 96 valence electrons. The highest BCUT2D eigenvalue weighted by Crippen LogP contribution is 2.26. The number of nitrogens with zero attached hydrogens (tertiary/aromatic N) is 2. The summed E-state index contributed by atoms with van der Waals surface area (Å²) < 4.78 is 0. The molecule has 0 radical (unpaired) electrons. The van der Waals surface area contributed by atoms with Crippen molar-refractivity contribution in [2.24, 2.45) is 0 Å². The van der Waals surface area contributed by atoms with Gasteiger partial charge in [0.15, 0.2) is 5.13 Å². The summed E-state index contributed by atoms with van der Waals surface area (Å²) >= 11 is 1.47. The van der Waals surface area contributed by atoms with Crippen molar-refractivity contribution >= 4 is 16.5 Å². The van der Waals surface area contributed by atoms with Crippen LogP contribution >= 0.6 is 11.3 Å². The summed E-state index contributed by atoms with van der Waals surface area (Å²) in [5.74, 6) is 0. The maximum Gasteiger partial charge on any atom is 0.266 e. The van der Waals surface area contributed by atoms with E-state index in [1.54, 1.807) is 19.1 Å². The molecule has 6 heteroatoms. The third-order valence-corrected chi connectivity index (χ3v) is 3.34. The average Bonchev–Trinajstić information content (AvgIpc) is 2.85. The number of anilines is 1. The van der Waals surface area contributed by atoms with Crippen molar-refractivity contribution in [3.8, 4) is 17.3 Å². The van der Waals surface area contributed by atoms with Crippen LogP contribution in [-0.4, -0.2) is 16.5 Å². The zero-order valence-electron chi connectivity index (χ0n) is 10.4. The summed E-state index contributed by atoms with van der Waals surface area (Å²) in [6.45, 7) is 6.05. The van der Waals surface area contributed by atoms with E-state index in [1.807, 2.05) is 11.4 Å². The van der Waals surface area contributed by atoms with Crippen LogP contribution in [-0.2, 0) is 0 Å². The summed E-state index contributed by atoms with van der Waals surface area (Å²) in [5.41, 5.74) is 1.92. The van der Waals surface area contributed by atoms with Crippen molar-refractivity contribution in [3.05, 3.63) is 45.7 Å². The molecule has 0 spiro atoms. The molecule has 2 aromatic rings. The maximum absolute atomic E-state index is 11.5. The first-order valence-electron chi connectivity index (χ1n) is 5.60. The van der Waals surface area contributed by atoms with Gasteiger partial charge in [-0.1, -0.05) is 6.08 Å². The highest BCUT2D eigenvalue weighted by atomic mass is 32.1. The van der Waals surface area contributed by atoms with E-state index in [0.717, 1.165) is 16.4 Å². The van der Waals surface area contributed by atoms with Gasteiger partial charge in [0.25, 0.3) is 5.56 Å². The number of aromatic amines is 1. The second-order valence-corrected chi connectivity index (χ2v) is 4.73. The highest BCUT2D eigenvalue weighted by Gasteiger charge is 2.10. The molecule has 0 aliphatic rings. The molecular weight excluding hydrogens is 260 g/mol. The average molecular weight is 272 g/mol. The van der Waals surface area contributed by atoms with Gasteiger partial charge in [-0.2, -0.15) is 5.26 Å². The summed E-state index contributed by atoms with van der Waals surface area (Å²) in [4.78, 5) is 18.6. The Labute approximate surface area is 114 Å². The minimum atomic E-state index is -0.371. The summed E-state index contributed by atoms with van der Waals surface area (Å²) in [6, 6.07) is 3.45. The molecule has 5 nitrogen and oxygen atoms in total. The van der Waals surface area contributed by atoms with E-state index in [1.165, 1.54) is 11.3 Å². The van der Waals surface area contributed by atoms with Crippen LogP contribution < -0.4 is 10.9 Å². The Bertz CT molecular complexity index is 708. The van der Waals surface area contributed by atoms with Gasteiger partial charge in [-0.25, -0.2) is 4.98 Å². The van der Waals surface area contributed by atoms with Crippen LogP contribution in [0.2, 0.25) is 0 Å². The molecule has 0 saturated carbocycles. The van der Waals surface area contributed by atoms with Crippen LogP contribution in [0.1, 0.15) is 11.3 Å². The standard InChI is InChI=1S/C13H12N4OS/c1-3-4-15-13-17-11(7-19-13)10-5-9(6-14)12(18)16-8(10)2/h3,5,7H,1,4H2,2H3,(H,15,17)(H,16,18). The number of thiazole rings is 1. The number of hydrogen-bond donors (Lipinski definition) is 2. The summed E-state index contributed by atoms with van der Waals surface area (Å²) in [7, 11) is 0. The SMILES string of the molecule is C=CCNc1nc(-c2cc(C#N)c(=O)[nH]c2C)cs1. The number of aromatic nitrogens is 2. The first-order chi connectivity index (χ1) is 9.15. The lowest BCUT2D eigenvalue weighted by Crippen LogP contribution is -2.12. The molecule has 0 aliphatic carbocycles. The van der Waals surface area contributed by atoms with Gasteiger partial charge in [-0.15, -0.1) is 17.9 Å². The van der Waals surface area contributed by atoms with Crippen molar-refractivity contribution in [3.63, 3.8) is 0 Å². The third-order valence-electron chi connectivity index (χ3n) is 2.54. The Balaban J connectivity index is 2.41. The largest absolute Gasteiger partial charge is 0.358 e. The van der Waals surface area contributed by atoms with Crippen LogP contribution in [0.3, 0.4) is 0 Å². The van der Waals surface area contributed by atoms with Gasteiger partial charge in [0.1, 0.15) is 11.6 Å². The van der Waals surface area contributed by atoms with Crippen molar-refractivity contribution in [1.82, 2.24) is 9.97 Å². The fourth-order valence-corrected chi connectivity index (χ4v) is 2.33. The van der Waals surface area contributed by atoms with Crippen molar-refractivity contribution in [2.75, 3.05) is 11.9 Å². The number of nitriles is 1. The second-order valence-electron chi connectivity index (χ2n) is 3.87. The minimum Gasteiger partial charge on any atom is -0.358 e. The van der Waals surface area contributed by atoms with E-state index in [9.17, 15) is 4.79 Å². The number of H-pyrrole nitrogens is 1. The molecule has 0 amide bonds. The molecule has 0 fully saturated rings. The number of hydrogen-bond acceptors (Lipinski definition) is 5. The summed E-state index contributed by atoms with van der Waals surface area (Å²) in [5, 5.41) is 14.6. The number of nitrogens with one attached hydrogen (secondary N) is 2. The minimum absolute atomic E-state index is 0.0919. The Morgan fingerprint density at radius 2 is 2.47 bits per heavy atom. The predicted octanol–water partition coefficient (Wildman–Crippen LogP) is 2.28. The zero-order valence-corrected chi connectivity index (χ0v) is 11.2. The fourth-order valence-electron chi connectivity index (χ4n) is 1.61. The topological polar surface area (TPSA) is 81.6 Å². The lowest BCUT2D eigenvalue weighted by Gasteiger charge is -2.02. The van der Waals surface area contributed by atoms with Crippen LogP contribution in [0.25, 0.3) is 11.3 Å². The second kappa shape index (κ2) is 5.50. The van der Waals surface area contributed by atoms with Crippen molar-refractivity contribution in [1.29, 1.82) is 5.26 Å². The van der Waals surface area contributed by atoms with E-state index in [-0.39, 0.29) is 11.1 Å². The number of aryl methyl sites for hydroxylation is 1. The van der Waals surface area contributed by atoms with E-state index < -0.39 is 0 Å². The zero-order chi connectivity index (χ0) is 13.8. The molecule has 2 heterocycles. The lowest BCUT2D eigenvalue weighted by molar-refractivity contribution is 1.12. The molecule has 19 heavy (non-hydrogen) atoms. The highest BCUT2D eigenvalue weighted by molar-refractivity contribution is 7.14. The molecule has 2 N–H and O–H groups in total. The molecule has 0 unspecified atom stereocenters. The molecule has 0 saturated heterocycles. The molecule has 0 aliphatic heterocycles. The molecule has 0 aromatic carbocycles. The van der Waals surface area contributed by atoms with Gasteiger partial charge < -0.3 is 10.3 Å². The van der Waals surface area contributed by atoms with Crippen molar-refractivity contribution < 1.29 is 0 Å². The Hall–Kier alpha value is -2.39. The van der Waals surface area contributed by atoms with Crippen molar-refractivity contribution in [2.45, 2.75) is 6.92 Å². The molecule has 0 bridgehead atoms. The smallest absolute Gasteiger partial charge is 0.266 e. The van der Waals surface area contributed by atoms with E-state index in [4.69, 9.17) is 5.26 Å². The monoisotopic (exact) mass is 272 g/mol. The normalized spacial score (nSPS) is 9.89. The van der Waals surface area contributed by atoms with Gasteiger partial charge >= 0.3 is 0 Å². The van der Waals surface area contributed by atoms with Gasteiger partial charge in [-0.3, -0.25) is 4.79 Å². The molecular formula is C13H12N4OS. The van der Waals surface area contributed by atoms with E-state index in [0.29, 0.717) is 12.2 Å². The van der Waals surface area contributed by atoms with Crippen LogP contribution in [0.4, 0.5) is 5.13 Å². The Kier molecular flexibility index (Phi) is 3.78. The van der Waals surface area contributed by atoms with Crippen LogP contribution in [0.5, 0.6) is 0 Å². The Morgan fingerprint density at radius 1 is 1.68 bits per heavy atom. The molecule has 2 rings (SSSR count). The number of pyridine rings is 1. The molecule has 0 atom stereocenters. The first kappa shape index (κ1) is 13.1. The molecule has 2 aromatic heterocycles. The lowest BCUT2D eigenvalue weighted by atomic mass is 10.1. The van der Waals surface area contributed by atoms with Crippen LogP contribution in [0.15, 0.2) is 28.9 Å². The first-order valence-corrected chi connectivity index (χ1v) is 6.48. The fraction of sp³-hybridized carbons (Fsp3) is 0.154. The van der Waals surface area contributed by atoms with E-state index in [2.05, 4.69) is 21.9 Å². The van der Waals surface area contributed by atoms with E-state index >= 15 is 0 Å². The third kappa shape index (κ3) is 2.72. The van der Waals surface area contributed by atoms with Gasteiger partial charge in [0.05, 0.1) is 5.69 Å².